The standard InChI is InChI=1S/C16H15Cl3N2O2/c1-21(2)9-16(22)20-10-3-5-11(6-4-10)23-15-8-13(18)12(17)7-14(15)19/h3-8H,9H2,1-2H3,(H,20,22)/p+1. The number of anilines is 1. The molecular formula is C16H16Cl3N2O2+. The fraction of sp³-hybridized carbons (Fsp3) is 0.188. The SMILES string of the molecule is C[NH+](C)CC(=O)Nc1ccc(Oc2cc(Cl)c(Cl)cc2Cl)cc1. The maximum atomic E-state index is 11.7. The molecule has 0 unspecified atom stereocenters. The Morgan fingerprint density at radius 3 is 2.26 bits per heavy atom. The molecule has 0 bridgehead atoms. The number of halogens is 3. The van der Waals surface area contributed by atoms with Gasteiger partial charge in [0.2, 0.25) is 0 Å². The van der Waals surface area contributed by atoms with E-state index >= 15 is 0 Å². The number of rotatable bonds is 5. The minimum absolute atomic E-state index is 0.0498. The molecule has 2 aromatic rings. The molecule has 0 aliphatic carbocycles. The first-order valence-electron chi connectivity index (χ1n) is 6.86. The second kappa shape index (κ2) is 7.88. The monoisotopic (exact) mass is 373 g/mol. The third-order valence-corrected chi connectivity index (χ3v) is 3.87. The number of nitrogens with one attached hydrogen (secondary N) is 2. The molecule has 23 heavy (non-hydrogen) atoms. The Hall–Kier alpha value is -1.46. The van der Waals surface area contributed by atoms with Crippen molar-refractivity contribution in [3.63, 3.8) is 0 Å². The van der Waals surface area contributed by atoms with Crippen molar-refractivity contribution < 1.29 is 14.4 Å². The highest BCUT2D eigenvalue weighted by atomic mass is 35.5. The summed E-state index contributed by atoms with van der Waals surface area (Å²) >= 11 is 17.9. The predicted molar refractivity (Wildman–Crippen MR) is 94.3 cm³/mol. The van der Waals surface area contributed by atoms with Crippen molar-refractivity contribution in [2.75, 3.05) is 26.0 Å². The van der Waals surface area contributed by atoms with Crippen LogP contribution in [-0.2, 0) is 4.79 Å². The lowest BCUT2D eigenvalue weighted by Gasteiger charge is -2.11. The average molecular weight is 375 g/mol. The van der Waals surface area contributed by atoms with E-state index in [2.05, 4.69) is 5.32 Å². The first-order chi connectivity index (χ1) is 10.8. The van der Waals surface area contributed by atoms with Gasteiger partial charge in [-0.15, -0.1) is 0 Å². The Labute approximate surface area is 149 Å². The molecule has 0 atom stereocenters. The van der Waals surface area contributed by atoms with Crippen LogP contribution in [0.15, 0.2) is 36.4 Å². The van der Waals surface area contributed by atoms with Crippen LogP contribution in [0.4, 0.5) is 5.69 Å². The van der Waals surface area contributed by atoms with Crippen molar-refractivity contribution in [2.45, 2.75) is 0 Å². The van der Waals surface area contributed by atoms with Crippen LogP contribution in [0.1, 0.15) is 0 Å². The van der Waals surface area contributed by atoms with Crippen molar-refractivity contribution in [2.24, 2.45) is 0 Å². The Morgan fingerprint density at radius 2 is 1.65 bits per heavy atom. The van der Waals surface area contributed by atoms with E-state index < -0.39 is 0 Å². The molecule has 0 spiro atoms. The Bertz CT molecular complexity index is 703. The average Bonchev–Trinajstić information content (AvgIpc) is 2.46. The van der Waals surface area contributed by atoms with Crippen molar-refractivity contribution in [1.82, 2.24) is 0 Å². The summed E-state index contributed by atoms with van der Waals surface area (Å²) in [5.41, 5.74) is 0.698. The molecule has 0 aliphatic heterocycles. The molecule has 2 rings (SSSR count). The fourth-order valence-electron chi connectivity index (χ4n) is 1.84. The minimum Gasteiger partial charge on any atom is -0.456 e. The van der Waals surface area contributed by atoms with Crippen LogP contribution < -0.4 is 15.0 Å². The first-order valence-corrected chi connectivity index (χ1v) is 8.00. The van der Waals surface area contributed by atoms with Crippen molar-refractivity contribution in [3.05, 3.63) is 51.5 Å². The van der Waals surface area contributed by atoms with Gasteiger partial charge in [-0.3, -0.25) is 4.79 Å². The number of carbonyl (C=O) groups is 1. The number of likely N-dealkylation sites (N-methyl/N-ethyl adjacent to an activating group) is 1. The van der Waals surface area contributed by atoms with Crippen LogP contribution in [0.5, 0.6) is 11.5 Å². The van der Waals surface area contributed by atoms with Gasteiger partial charge in [0, 0.05) is 11.8 Å². The second-order valence-electron chi connectivity index (χ2n) is 5.26. The molecule has 2 N–H and O–H groups in total. The van der Waals surface area contributed by atoms with Crippen LogP contribution >= 0.6 is 34.8 Å². The molecule has 122 valence electrons. The van der Waals surface area contributed by atoms with E-state index in [0.717, 1.165) is 4.90 Å². The van der Waals surface area contributed by atoms with Crippen molar-refractivity contribution in [3.8, 4) is 11.5 Å². The van der Waals surface area contributed by atoms with Gasteiger partial charge in [0.05, 0.1) is 29.2 Å². The summed E-state index contributed by atoms with van der Waals surface area (Å²) in [4.78, 5) is 12.8. The van der Waals surface area contributed by atoms with Gasteiger partial charge >= 0.3 is 0 Å². The molecule has 7 heteroatoms. The third-order valence-electron chi connectivity index (χ3n) is 2.85. The second-order valence-corrected chi connectivity index (χ2v) is 6.48. The maximum Gasteiger partial charge on any atom is 0.279 e. The normalized spacial score (nSPS) is 10.7. The van der Waals surface area contributed by atoms with Gasteiger partial charge in [0.25, 0.3) is 5.91 Å². The first kappa shape index (κ1) is 17.9. The number of quaternary nitrogens is 1. The van der Waals surface area contributed by atoms with E-state index in [1.165, 1.54) is 6.07 Å². The van der Waals surface area contributed by atoms with Crippen LogP contribution in [0.3, 0.4) is 0 Å². The van der Waals surface area contributed by atoms with Crippen LogP contribution in [0.25, 0.3) is 0 Å². The Morgan fingerprint density at radius 1 is 1.04 bits per heavy atom. The molecule has 2 aromatic carbocycles. The van der Waals surface area contributed by atoms with Gasteiger partial charge in [-0.2, -0.15) is 0 Å². The lowest BCUT2D eigenvalue weighted by molar-refractivity contribution is -0.849. The summed E-state index contributed by atoms with van der Waals surface area (Å²) in [7, 11) is 3.83. The summed E-state index contributed by atoms with van der Waals surface area (Å²) in [5.74, 6) is 0.932. The lowest BCUT2D eigenvalue weighted by atomic mass is 10.3. The maximum absolute atomic E-state index is 11.7. The van der Waals surface area contributed by atoms with Crippen LogP contribution in [0, 0.1) is 0 Å². The van der Waals surface area contributed by atoms with Crippen LogP contribution in [-0.4, -0.2) is 26.5 Å². The number of benzene rings is 2. The van der Waals surface area contributed by atoms with Gasteiger partial charge in [0.1, 0.15) is 11.5 Å². The van der Waals surface area contributed by atoms with Gasteiger partial charge < -0.3 is 15.0 Å². The van der Waals surface area contributed by atoms with E-state index in [1.54, 1.807) is 30.3 Å². The summed E-state index contributed by atoms with van der Waals surface area (Å²) in [6.45, 7) is 0.400. The molecule has 0 fully saturated rings. The number of carbonyl (C=O) groups excluding carboxylic acids is 1. The Kier molecular flexibility index (Phi) is 6.13. The van der Waals surface area contributed by atoms with E-state index in [4.69, 9.17) is 39.5 Å². The molecule has 0 radical (unpaired) electrons. The molecule has 1 amide bonds. The predicted octanol–water partition coefficient (Wildman–Crippen LogP) is 3.52. The van der Waals surface area contributed by atoms with Crippen molar-refractivity contribution >= 4 is 46.4 Å². The van der Waals surface area contributed by atoms with Gasteiger partial charge in [-0.25, -0.2) is 0 Å². The summed E-state index contributed by atoms with van der Waals surface area (Å²) in [5, 5.41) is 3.91. The van der Waals surface area contributed by atoms with Crippen LogP contribution in [0.2, 0.25) is 15.1 Å². The van der Waals surface area contributed by atoms with E-state index in [9.17, 15) is 4.79 Å². The summed E-state index contributed by atoms with van der Waals surface area (Å²) in [6, 6.07) is 10.1. The van der Waals surface area contributed by atoms with Crippen molar-refractivity contribution in [1.29, 1.82) is 0 Å². The van der Waals surface area contributed by atoms with E-state index in [1.807, 2.05) is 14.1 Å². The van der Waals surface area contributed by atoms with Gasteiger partial charge in [-0.1, -0.05) is 34.8 Å². The highest BCUT2D eigenvalue weighted by Crippen LogP contribution is 2.36. The molecule has 0 saturated heterocycles. The highest BCUT2D eigenvalue weighted by Gasteiger charge is 2.09. The number of hydrogen-bond acceptors (Lipinski definition) is 2. The smallest absolute Gasteiger partial charge is 0.279 e. The zero-order valence-corrected chi connectivity index (χ0v) is 14.9. The molecule has 0 aliphatic rings. The summed E-state index contributed by atoms with van der Waals surface area (Å²) < 4.78 is 5.68. The Balaban J connectivity index is 2.06. The van der Waals surface area contributed by atoms with E-state index in [-0.39, 0.29) is 5.91 Å². The molecule has 4 nitrogen and oxygen atoms in total. The third kappa shape index (κ3) is 5.29. The molecular weight excluding hydrogens is 359 g/mol. The number of amides is 1. The quantitative estimate of drug-likeness (QED) is 0.786. The van der Waals surface area contributed by atoms with E-state index in [0.29, 0.717) is 38.8 Å². The largest absolute Gasteiger partial charge is 0.456 e. The summed E-state index contributed by atoms with van der Waals surface area (Å²) in [6.07, 6.45) is 0. The topological polar surface area (TPSA) is 42.8 Å². The molecule has 0 aromatic heterocycles. The zero-order valence-electron chi connectivity index (χ0n) is 12.6. The minimum atomic E-state index is -0.0498. The molecule has 0 saturated carbocycles. The highest BCUT2D eigenvalue weighted by molar-refractivity contribution is 6.43. The van der Waals surface area contributed by atoms with Gasteiger partial charge in [0.15, 0.2) is 6.54 Å². The number of ether oxygens (including phenoxy) is 1. The lowest BCUT2D eigenvalue weighted by Crippen LogP contribution is -3.06. The number of hydrogen-bond donors (Lipinski definition) is 2. The van der Waals surface area contributed by atoms with Gasteiger partial charge in [-0.05, 0) is 30.3 Å². The zero-order chi connectivity index (χ0) is 17.0. The fourth-order valence-corrected chi connectivity index (χ4v) is 2.42. The molecule has 0 heterocycles.